The number of pyridine rings is 1. The van der Waals surface area contributed by atoms with Crippen LogP contribution < -0.4 is 11.1 Å². The zero-order valence-electron chi connectivity index (χ0n) is 14.5. The molecule has 0 radical (unpaired) electrons. The Morgan fingerprint density at radius 3 is 2.69 bits per heavy atom. The SMILES string of the molecule is CNC1CCC1.Nc1ncc2c(-c3cnc4nccnc4c3)ccn2n1. The fraction of sp³-hybridized carbons (Fsp3) is 0.278. The quantitative estimate of drug-likeness (QED) is 0.571. The van der Waals surface area contributed by atoms with Crippen LogP contribution in [0.2, 0.25) is 0 Å². The lowest BCUT2D eigenvalue weighted by Crippen LogP contribution is -2.31. The smallest absolute Gasteiger partial charge is 0.238 e. The lowest BCUT2D eigenvalue weighted by Gasteiger charge is -2.23. The third kappa shape index (κ3) is 3.18. The van der Waals surface area contributed by atoms with Crippen LogP contribution in [0.3, 0.4) is 0 Å². The first-order valence-corrected chi connectivity index (χ1v) is 8.59. The fourth-order valence-corrected chi connectivity index (χ4v) is 2.86. The lowest BCUT2D eigenvalue weighted by atomic mass is 9.94. The monoisotopic (exact) mass is 348 g/mol. The van der Waals surface area contributed by atoms with E-state index in [0.717, 1.165) is 28.2 Å². The molecule has 4 aromatic rings. The van der Waals surface area contributed by atoms with E-state index in [1.807, 2.05) is 25.4 Å². The normalized spacial score (nSPS) is 14.0. The summed E-state index contributed by atoms with van der Waals surface area (Å²) in [6.45, 7) is 0. The molecule has 0 bridgehead atoms. The number of nitrogens with one attached hydrogen (secondary N) is 1. The summed E-state index contributed by atoms with van der Waals surface area (Å²) in [6.07, 6.45) is 12.8. The molecule has 4 heterocycles. The third-order valence-electron chi connectivity index (χ3n) is 4.58. The molecule has 0 amide bonds. The van der Waals surface area contributed by atoms with Crippen LogP contribution in [0.5, 0.6) is 0 Å². The number of hydrogen-bond donors (Lipinski definition) is 2. The van der Waals surface area contributed by atoms with Gasteiger partial charge in [0.25, 0.3) is 0 Å². The molecule has 8 heteroatoms. The van der Waals surface area contributed by atoms with Crippen molar-refractivity contribution in [1.29, 1.82) is 0 Å². The standard InChI is InChI=1S/C13H9N7.C5H11N/c14-13-18-7-11-9(1-4-20(11)19-13)8-5-10-12(17-6-8)16-3-2-15-10;1-6-5-3-2-4-5/h1-7H,(H2,14,19);5-6H,2-4H2,1H3. The Bertz CT molecular complexity index is 1030. The lowest BCUT2D eigenvalue weighted by molar-refractivity contribution is 0.361. The highest BCUT2D eigenvalue weighted by Gasteiger charge is 2.13. The molecule has 0 unspecified atom stereocenters. The average Bonchev–Trinajstić information content (AvgIpc) is 3.04. The van der Waals surface area contributed by atoms with E-state index in [1.54, 1.807) is 29.3 Å². The minimum Gasteiger partial charge on any atom is -0.367 e. The third-order valence-corrected chi connectivity index (χ3v) is 4.58. The molecule has 8 nitrogen and oxygen atoms in total. The molecule has 26 heavy (non-hydrogen) atoms. The Labute approximate surface area is 150 Å². The number of fused-ring (bicyclic) bond motifs is 2. The van der Waals surface area contributed by atoms with Gasteiger partial charge < -0.3 is 11.1 Å². The minimum atomic E-state index is 0.238. The number of nitrogens with two attached hydrogens (primary N) is 1. The molecule has 0 spiro atoms. The summed E-state index contributed by atoms with van der Waals surface area (Å²) in [5, 5.41) is 7.32. The van der Waals surface area contributed by atoms with Gasteiger partial charge in [-0.25, -0.2) is 19.5 Å². The summed E-state index contributed by atoms with van der Waals surface area (Å²) < 4.78 is 1.69. The minimum absolute atomic E-state index is 0.238. The van der Waals surface area contributed by atoms with Crippen molar-refractivity contribution in [3.8, 4) is 11.1 Å². The number of anilines is 1. The van der Waals surface area contributed by atoms with Gasteiger partial charge in [0.2, 0.25) is 5.95 Å². The molecular formula is C18H20N8. The van der Waals surface area contributed by atoms with Crippen LogP contribution in [-0.2, 0) is 0 Å². The van der Waals surface area contributed by atoms with E-state index in [-0.39, 0.29) is 5.95 Å². The summed E-state index contributed by atoms with van der Waals surface area (Å²) in [6, 6.07) is 4.76. The second kappa shape index (κ2) is 7.01. The predicted octanol–water partition coefficient (Wildman–Crippen LogP) is 2.07. The van der Waals surface area contributed by atoms with Crippen molar-refractivity contribution in [3.63, 3.8) is 0 Å². The first-order chi connectivity index (χ1) is 12.7. The molecule has 132 valence electrons. The zero-order chi connectivity index (χ0) is 17.9. The van der Waals surface area contributed by atoms with Crippen LogP contribution in [0.1, 0.15) is 19.3 Å². The first-order valence-electron chi connectivity index (χ1n) is 8.59. The maximum atomic E-state index is 5.57. The average molecular weight is 348 g/mol. The molecule has 0 saturated heterocycles. The van der Waals surface area contributed by atoms with E-state index in [2.05, 4.69) is 30.4 Å². The van der Waals surface area contributed by atoms with Gasteiger partial charge in [-0.2, -0.15) is 0 Å². The van der Waals surface area contributed by atoms with Gasteiger partial charge in [-0.05, 0) is 32.0 Å². The van der Waals surface area contributed by atoms with Crippen molar-refractivity contribution in [2.45, 2.75) is 25.3 Å². The summed E-state index contributed by atoms with van der Waals surface area (Å²) in [5.41, 5.74) is 9.73. The molecule has 1 aliphatic rings. The van der Waals surface area contributed by atoms with Gasteiger partial charge in [-0.1, -0.05) is 6.42 Å². The molecule has 0 aliphatic heterocycles. The van der Waals surface area contributed by atoms with Crippen molar-refractivity contribution >= 4 is 22.6 Å². The number of nitrogen functional groups attached to an aromatic ring is 1. The van der Waals surface area contributed by atoms with Crippen LogP contribution in [0.25, 0.3) is 27.8 Å². The van der Waals surface area contributed by atoms with Gasteiger partial charge in [0.1, 0.15) is 5.52 Å². The largest absolute Gasteiger partial charge is 0.367 e. The number of aromatic nitrogens is 6. The number of rotatable bonds is 2. The number of nitrogens with zero attached hydrogens (tertiary/aromatic N) is 6. The second-order valence-corrected chi connectivity index (χ2v) is 6.22. The van der Waals surface area contributed by atoms with Crippen LogP contribution in [0.15, 0.2) is 43.1 Å². The highest BCUT2D eigenvalue weighted by molar-refractivity contribution is 5.84. The van der Waals surface area contributed by atoms with Crippen LogP contribution >= 0.6 is 0 Å². The Hall–Kier alpha value is -3.13. The second-order valence-electron chi connectivity index (χ2n) is 6.22. The molecule has 1 saturated carbocycles. The van der Waals surface area contributed by atoms with E-state index >= 15 is 0 Å². The molecule has 1 fully saturated rings. The number of hydrogen-bond acceptors (Lipinski definition) is 7. The molecule has 0 aromatic carbocycles. The van der Waals surface area contributed by atoms with E-state index < -0.39 is 0 Å². The molecular weight excluding hydrogens is 328 g/mol. The summed E-state index contributed by atoms with van der Waals surface area (Å²) >= 11 is 0. The first kappa shape index (κ1) is 16.3. The molecule has 0 atom stereocenters. The fourth-order valence-electron chi connectivity index (χ4n) is 2.86. The maximum Gasteiger partial charge on any atom is 0.238 e. The van der Waals surface area contributed by atoms with Crippen LogP contribution in [0, 0.1) is 0 Å². The molecule has 4 aromatic heterocycles. The highest BCUT2D eigenvalue weighted by atomic mass is 15.3. The Morgan fingerprint density at radius 2 is 1.96 bits per heavy atom. The topological polar surface area (TPSA) is 107 Å². The van der Waals surface area contributed by atoms with Crippen molar-refractivity contribution in [2.24, 2.45) is 0 Å². The Balaban J connectivity index is 0.000000240. The predicted molar refractivity (Wildman–Crippen MR) is 100 cm³/mol. The summed E-state index contributed by atoms with van der Waals surface area (Å²) in [5.74, 6) is 0.238. The van der Waals surface area contributed by atoms with E-state index in [4.69, 9.17) is 5.73 Å². The zero-order valence-corrected chi connectivity index (χ0v) is 14.5. The van der Waals surface area contributed by atoms with Crippen molar-refractivity contribution in [2.75, 3.05) is 12.8 Å². The molecule has 1 aliphatic carbocycles. The molecule has 3 N–H and O–H groups in total. The van der Waals surface area contributed by atoms with Gasteiger partial charge >= 0.3 is 0 Å². The van der Waals surface area contributed by atoms with E-state index in [1.165, 1.54) is 19.3 Å². The van der Waals surface area contributed by atoms with Gasteiger partial charge in [-0.15, -0.1) is 5.10 Å². The van der Waals surface area contributed by atoms with E-state index in [9.17, 15) is 0 Å². The summed E-state index contributed by atoms with van der Waals surface area (Å²) in [7, 11) is 2.03. The van der Waals surface area contributed by atoms with Crippen molar-refractivity contribution in [3.05, 3.63) is 43.1 Å². The van der Waals surface area contributed by atoms with Gasteiger partial charge in [0.05, 0.1) is 11.7 Å². The van der Waals surface area contributed by atoms with Gasteiger partial charge in [-0.3, -0.25) is 4.98 Å². The van der Waals surface area contributed by atoms with Crippen LogP contribution in [-0.4, -0.2) is 42.6 Å². The van der Waals surface area contributed by atoms with Gasteiger partial charge in [0, 0.05) is 42.0 Å². The molecule has 5 rings (SSSR count). The van der Waals surface area contributed by atoms with E-state index in [0.29, 0.717) is 5.65 Å². The van der Waals surface area contributed by atoms with Crippen LogP contribution in [0.4, 0.5) is 5.95 Å². The maximum absolute atomic E-state index is 5.57. The summed E-state index contributed by atoms with van der Waals surface area (Å²) in [4.78, 5) is 16.8. The van der Waals surface area contributed by atoms with Crippen molar-refractivity contribution < 1.29 is 0 Å². The van der Waals surface area contributed by atoms with Crippen molar-refractivity contribution in [1.82, 2.24) is 34.9 Å². The Morgan fingerprint density at radius 1 is 1.12 bits per heavy atom. The highest BCUT2D eigenvalue weighted by Crippen LogP contribution is 2.25. The Kier molecular flexibility index (Phi) is 4.40. The van der Waals surface area contributed by atoms with Gasteiger partial charge in [0.15, 0.2) is 5.65 Å².